The van der Waals surface area contributed by atoms with Crippen LogP contribution in [0.25, 0.3) is 0 Å². The Morgan fingerprint density at radius 3 is 2.57 bits per heavy atom. The maximum Gasteiger partial charge on any atom is 0.311 e. The van der Waals surface area contributed by atoms with Crippen LogP contribution in [-0.4, -0.2) is 38.0 Å². The Bertz CT molecular complexity index is 879. The number of hydrogen-bond acceptors (Lipinski definition) is 5. The molecule has 1 heterocycles. The molecule has 1 aliphatic rings. The van der Waals surface area contributed by atoms with Crippen molar-refractivity contribution in [2.24, 2.45) is 5.92 Å². The van der Waals surface area contributed by atoms with E-state index in [2.05, 4.69) is 5.32 Å². The Kier molecular flexibility index (Phi) is 5.93. The van der Waals surface area contributed by atoms with Gasteiger partial charge in [-0.25, -0.2) is 0 Å². The van der Waals surface area contributed by atoms with Crippen LogP contribution in [0.1, 0.15) is 12.0 Å². The zero-order chi connectivity index (χ0) is 20.1. The summed E-state index contributed by atoms with van der Waals surface area (Å²) in [6.45, 7) is 1.74. The van der Waals surface area contributed by atoms with Gasteiger partial charge in [-0.2, -0.15) is 0 Å². The predicted molar refractivity (Wildman–Crippen MR) is 104 cm³/mol. The van der Waals surface area contributed by atoms with E-state index in [-0.39, 0.29) is 18.9 Å². The van der Waals surface area contributed by atoms with Gasteiger partial charge in [-0.05, 0) is 31.2 Å². The lowest BCUT2D eigenvalue weighted by molar-refractivity contribution is -0.151. The molecule has 0 radical (unpaired) electrons. The fraction of sp³-hybridized carbons (Fsp3) is 0.286. The van der Waals surface area contributed by atoms with Crippen LogP contribution < -0.4 is 15.0 Å². The van der Waals surface area contributed by atoms with Crippen LogP contribution in [0.15, 0.2) is 48.5 Å². The van der Waals surface area contributed by atoms with Crippen LogP contribution in [0.4, 0.5) is 11.4 Å². The number of esters is 1. The highest BCUT2D eigenvalue weighted by molar-refractivity contribution is 6.01. The van der Waals surface area contributed by atoms with Gasteiger partial charge in [0, 0.05) is 18.7 Å². The quantitative estimate of drug-likeness (QED) is 0.776. The number of para-hydroxylation sites is 2. The Labute approximate surface area is 163 Å². The number of ether oxygens (including phenoxy) is 2. The van der Waals surface area contributed by atoms with Crippen molar-refractivity contribution in [1.29, 1.82) is 0 Å². The van der Waals surface area contributed by atoms with E-state index in [9.17, 15) is 14.4 Å². The van der Waals surface area contributed by atoms with E-state index in [0.29, 0.717) is 17.1 Å². The van der Waals surface area contributed by atoms with E-state index in [1.165, 1.54) is 12.0 Å². The third-order valence-corrected chi connectivity index (χ3v) is 4.52. The molecular weight excluding hydrogens is 360 g/mol. The highest BCUT2D eigenvalue weighted by atomic mass is 16.5. The first-order chi connectivity index (χ1) is 13.5. The molecule has 1 fully saturated rings. The predicted octanol–water partition coefficient (Wildman–Crippen LogP) is 2.54. The normalized spacial score (nSPS) is 16.0. The van der Waals surface area contributed by atoms with E-state index >= 15 is 0 Å². The molecular formula is C21H22N2O5. The van der Waals surface area contributed by atoms with E-state index in [4.69, 9.17) is 9.47 Å². The molecule has 0 unspecified atom stereocenters. The molecule has 2 amide bonds. The van der Waals surface area contributed by atoms with Gasteiger partial charge in [0.05, 0.1) is 18.7 Å². The van der Waals surface area contributed by atoms with Crippen molar-refractivity contribution >= 4 is 29.2 Å². The molecule has 1 aliphatic heterocycles. The van der Waals surface area contributed by atoms with Gasteiger partial charge in [-0.15, -0.1) is 0 Å². The molecule has 0 spiro atoms. The Morgan fingerprint density at radius 2 is 1.86 bits per heavy atom. The summed E-state index contributed by atoms with van der Waals surface area (Å²) < 4.78 is 10.4. The molecule has 7 heteroatoms. The average molecular weight is 382 g/mol. The van der Waals surface area contributed by atoms with Gasteiger partial charge in [0.1, 0.15) is 5.75 Å². The van der Waals surface area contributed by atoms with Gasteiger partial charge in [0.25, 0.3) is 5.91 Å². The van der Waals surface area contributed by atoms with Crippen molar-refractivity contribution < 1.29 is 23.9 Å². The molecule has 7 nitrogen and oxygen atoms in total. The molecule has 1 saturated heterocycles. The highest BCUT2D eigenvalue weighted by Gasteiger charge is 2.37. The van der Waals surface area contributed by atoms with Crippen molar-refractivity contribution in [1.82, 2.24) is 0 Å². The van der Waals surface area contributed by atoms with Crippen molar-refractivity contribution in [2.45, 2.75) is 13.3 Å². The minimum absolute atomic E-state index is 0.0382. The molecule has 146 valence electrons. The summed E-state index contributed by atoms with van der Waals surface area (Å²) in [5.74, 6) is -1.24. The van der Waals surface area contributed by atoms with Gasteiger partial charge in [0.2, 0.25) is 5.91 Å². The minimum atomic E-state index is -0.621. The van der Waals surface area contributed by atoms with Crippen molar-refractivity contribution in [3.05, 3.63) is 54.1 Å². The number of anilines is 2. The van der Waals surface area contributed by atoms with E-state index in [1.54, 1.807) is 36.4 Å². The smallest absolute Gasteiger partial charge is 0.311 e. The highest BCUT2D eigenvalue weighted by Crippen LogP contribution is 2.33. The molecule has 2 aromatic carbocycles. The van der Waals surface area contributed by atoms with Crippen LogP contribution in [0, 0.1) is 12.8 Å². The largest absolute Gasteiger partial charge is 0.495 e. The summed E-state index contributed by atoms with van der Waals surface area (Å²) in [4.78, 5) is 38.1. The summed E-state index contributed by atoms with van der Waals surface area (Å²) in [5, 5.41) is 2.66. The molecule has 0 aromatic heterocycles. The molecule has 28 heavy (non-hydrogen) atoms. The monoisotopic (exact) mass is 382 g/mol. The number of nitrogens with zero attached hydrogens (tertiary/aromatic N) is 1. The lowest BCUT2D eigenvalue weighted by atomic mass is 10.1. The summed E-state index contributed by atoms with van der Waals surface area (Å²) in [6, 6.07) is 14.4. The summed E-state index contributed by atoms with van der Waals surface area (Å²) in [7, 11) is 1.53. The molecule has 0 bridgehead atoms. The minimum Gasteiger partial charge on any atom is -0.495 e. The standard InChI is InChI=1S/C21H22N2O5/c1-14-7-9-16(10-8-14)22-19(24)13-28-21(26)15-11-20(25)23(12-15)17-5-3-4-6-18(17)27-2/h3-10,15H,11-13H2,1-2H3,(H,22,24)/t15-/m1/s1. The summed E-state index contributed by atoms with van der Waals surface area (Å²) >= 11 is 0. The number of carbonyl (C=O) groups is 3. The van der Waals surface area contributed by atoms with Crippen LogP contribution in [-0.2, 0) is 19.1 Å². The van der Waals surface area contributed by atoms with Crippen LogP contribution in [0.5, 0.6) is 5.75 Å². The topological polar surface area (TPSA) is 84.9 Å². The Morgan fingerprint density at radius 1 is 1.14 bits per heavy atom. The zero-order valence-corrected chi connectivity index (χ0v) is 15.8. The number of amides is 2. The molecule has 0 saturated carbocycles. The number of hydrogen-bond donors (Lipinski definition) is 1. The van der Waals surface area contributed by atoms with Gasteiger partial charge in [0.15, 0.2) is 6.61 Å². The Hall–Kier alpha value is -3.35. The molecule has 1 atom stereocenters. The first-order valence-corrected chi connectivity index (χ1v) is 8.94. The average Bonchev–Trinajstić information content (AvgIpc) is 3.09. The number of aryl methyl sites for hydroxylation is 1. The number of carbonyl (C=O) groups excluding carboxylic acids is 3. The van der Waals surface area contributed by atoms with Crippen LogP contribution >= 0.6 is 0 Å². The van der Waals surface area contributed by atoms with Gasteiger partial charge in [-0.1, -0.05) is 29.8 Å². The van der Waals surface area contributed by atoms with E-state index in [0.717, 1.165) is 5.56 Å². The SMILES string of the molecule is COc1ccccc1N1C[C@H](C(=O)OCC(=O)Nc2ccc(C)cc2)CC1=O. The molecule has 1 N–H and O–H groups in total. The lowest BCUT2D eigenvalue weighted by Crippen LogP contribution is -2.28. The van der Waals surface area contributed by atoms with Gasteiger partial charge < -0.3 is 19.7 Å². The third kappa shape index (κ3) is 4.49. The first kappa shape index (κ1) is 19.4. The maximum atomic E-state index is 12.3. The fourth-order valence-corrected chi connectivity index (χ4v) is 3.04. The first-order valence-electron chi connectivity index (χ1n) is 8.94. The van der Waals surface area contributed by atoms with E-state index < -0.39 is 24.4 Å². The Balaban J connectivity index is 1.54. The van der Waals surface area contributed by atoms with Crippen LogP contribution in [0.3, 0.4) is 0 Å². The second-order valence-corrected chi connectivity index (χ2v) is 6.60. The number of nitrogens with one attached hydrogen (secondary N) is 1. The third-order valence-electron chi connectivity index (χ3n) is 4.52. The van der Waals surface area contributed by atoms with Crippen LogP contribution in [0.2, 0.25) is 0 Å². The number of methoxy groups -OCH3 is 1. The number of benzene rings is 2. The van der Waals surface area contributed by atoms with E-state index in [1.807, 2.05) is 19.1 Å². The molecule has 2 aromatic rings. The second-order valence-electron chi connectivity index (χ2n) is 6.60. The molecule has 0 aliphatic carbocycles. The summed E-state index contributed by atoms with van der Waals surface area (Å²) in [5.41, 5.74) is 2.32. The fourth-order valence-electron chi connectivity index (χ4n) is 3.04. The summed E-state index contributed by atoms with van der Waals surface area (Å²) in [6.07, 6.45) is 0.0382. The van der Waals surface area contributed by atoms with Crippen molar-refractivity contribution in [2.75, 3.05) is 30.5 Å². The van der Waals surface area contributed by atoms with Crippen molar-refractivity contribution in [3.63, 3.8) is 0 Å². The maximum absolute atomic E-state index is 12.3. The zero-order valence-electron chi connectivity index (χ0n) is 15.8. The van der Waals surface area contributed by atoms with Gasteiger partial charge in [-0.3, -0.25) is 14.4 Å². The second kappa shape index (κ2) is 8.56. The van der Waals surface area contributed by atoms with Crippen molar-refractivity contribution in [3.8, 4) is 5.75 Å². The lowest BCUT2D eigenvalue weighted by Gasteiger charge is -2.19. The number of rotatable bonds is 6. The molecule has 3 rings (SSSR count). The van der Waals surface area contributed by atoms with Gasteiger partial charge >= 0.3 is 5.97 Å².